The van der Waals surface area contributed by atoms with Crippen LogP contribution in [-0.4, -0.2) is 11.5 Å². The molecule has 0 amide bonds. The Morgan fingerprint density at radius 3 is 2.26 bits per heavy atom. The average molecular weight is 258 g/mol. The van der Waals surface area contributed by atoms with E-state index in [1.165, 1.54) is 5.56 Å². The van der Waals surface area contributed by atoms with E-state index in [9.17, 15) is 4.79 Å². The fourth-order valence-electron chi connectivity index (χ4n) is 2.16. The van der Waals surface area contributed by atoms with Gasteiger partial charge in [0.1, 0.15) is 5.71 Å². The molecule has 0 aromatic heterocycles. The lowest BCUT2D eigenvalue weighted by Gasteiger charge is -2.19. The van der Waals surface area contributed by atoms with Crippen molar-refractivity contribution in [3.05, 3.63) is 29.8 Å². The van der Waals surface area contributed by atoms with Gasteiger partial charge in [0.25, 0.3) is 0 Å². The second-order valence-electron chi connectivity index (χ2n) is 6.13. The Hall–Kier alpha value is -1.64. The molecule has 102 valence electrons. The van der Waals surface area contributed by atoms with Crippen LogP contribution in [0.3, 0.4) is 0 Å². The SMILES string of the molecule is CC(C)(C)c1ccc(NN=C2CCCCC2=O)cc1. The van der Waals surface area contributed by atoms with E-state index in [4.69, 9.17) is 0 Å². The van der Waals surface area contributed by atoms with E-state index >= 15 is 0 Å². The van der Waals surface area contributed by atoms with Crippen LogP contribution in [0.15, 0.2) is 29.4 Å². The van der Waals surface area contributed by atoms with Gasteiger partial charge in [-0.25, -0.2) is 0 Å². The Bertz CT molecular complexity index is 480. The Morgan fingerprint density at radius 2 is 1.68 bits per heavy atom. The highest BCUT2D eigenvalue weighted by molar-refractivity contribution is 6.40. The number of hydrogen-bond acceptors (Lipinski definition) is 3. The molecule has 19 heavy (non-hydrogen) atoms. The molecule has 0 unspecified atom stereocenters. The third-order valence-electron chi connectivity index (χ3n) is 3.46. The van der Waals surface area contributed by atoms with E-state index in [1.807, 2.05) is 12.1 Å². The van der Waals surface area contributed by atoms with Crippen molar-refractivity contribution in [2.75, 3.05) is 5.43 Å². The fraction of sp³-hybridized carbons (Fsp3) is 0.500. The smallest absolute Gasteiger partial charge is 0.178 e. The van der Waals surface area contributed by atoms with Crippen molar-refractivity contribution < 1.29 is 4.79 Å². The zero-order valence-corrected chi connectivity index (χ0v) is 12.0. The summed E-state index contributed by atoms with van der Waals surface area (Å²) in [4.78, 5) is 11.6. The van der Waals surface area contributed by atoms with Crippen LogP contribution in [0.1, 0.15) is 52.0 Å². The lowest BCUT2D eigenvalue weighted by atomic mass is 9.87. The number of hydrazone groups is 1. The molecule has 2 rings (SSSR count). The van der Waals surface area contributed by atoms with E-state index in [0.29, 0.717) is 12.1 Å². The van der Waals surface area contributed by atoms with E-state index in [-0.39, 0.29) is 11.2 Å². The molecule has 1 saturated carbocycles. The number of rotatable bonds is 2. The molecule has 1 aliphatic rings. The van der Waals surface area contributed by atoms with E-state index < -0.39 is 0 Å². The Kier molecular flexibility index (Phi) is 4.03. The molecule has 1 N–H and O–H groups in total. The van der Waals surface area contributed by atoms with Crippen LogP contribution in [0.4, 0.5) is 5.69 Å². The molecule has 1 fully saturated rings. The normalized spacial score (nSPS) is 18.7. The minimum atomic E-state index is 0.157. The minimum Gasteiger partial charge on any atom is -0.293 e. The van der Waals surface area contributed by atoms with Gasteiger partial charge in [0.2, 0.25) is 0 Å². The number of ketones is 1. The Balaban J connectivity index is 2.04. The summed E-state index contributed by atoms with van der Waals surface area (Å²) in [5.41, 5.74) is 6.05. The first-order chi connectivity index (χ1) is 8.97. The lowest BCUT2D eigenvalue weighted by Crippen LogP contribution is -2.19. The number of anilines is 1. The number of benzene rings is 1. The van der Waals surface area contributed by atoms with Gasteiger partial charge in [-0.05, 0) is 42.4 Å². The maximum Gasteiger partial charge on any atom is 0.178 e. The highest BCUT2D eigenvalue weighted by atomic mass is 16.1. The summed E-state index contributed by atoms with van der Waals surface area (Å²) in [7, 11) is 0. The average Bonchev–Trinajstić information content (AvgIpc) is 2.37. The van der Waals surface area contributed by atoms with Crippen LogP contribution in [0, 0.1) is 0 Å². The second kappa shape index (κ2) is 5.55. The summed E-state index contributed by atoms with van der Waals surface area (Å²) >= 11 is 0. The quantitative estimate of drug-likeness (QED) is 0.817. The molecule has 0 spiro atoms. The predicted octanol–water partition coefficient (Wildman–Crippen LogP) is 3.90. The Morgan fingerprint density at radius 1 is 1.05 bits per heavy atom. The third-order valence-corrected chi connectivity index (χ3v) is 3.46. The maximum atomic E-state index is 11.6. The highest BCUT2D eigenvalue weighted by Gasteiger charge is 2.16. The zero-order valence-electron chi connectivity index (χ0n) is 12.0. The molecule has 0 heterocycles. The predicted molar refractivity (Wildman–Crippen MR) is 79.7 cm³/mol. The summed E-state index contributed by atoms with van der Waals surface area (Å²) in [5, 5.41) is 4.24. The van der Waals surface area contributed by atoms with Gasteiger partial charge in [-0.3, -0.25) is 10.2 Å². The number of Topliss-reactive ketones (excluding diaryl/α,β-unsaturated/α-hetero) is 1. The van der Waals surface area contributed by atoms with Gasteiger partial charge in [0.05, 0.1) is 5.69 Å². The van der Waals surface area contributed by atoms with Crippen molar-refractivity contribution in [1.82, 2.24) is 0 Å². The van der Waals surface area contributed by atoms with Gasteiger partial charge in [-0.2, -0.15) is 5.10 Å². The zero-order chi connectivity index (χ0) is 13.9. The minimum absolute atomic E-state index is 0.157. The van der Waals surface area contributed by atoms with E-state index in [2.05, 4.69) is 43.4 Å². The number of carbonyl (C=O) groups is 1. The fourth-order valence-corrected chi connectivity index (χ4v) is 2.16. The summed E-state index contributed by atoms with van der Waals surface area (Å²) in [6.45, 7) is 6.57. The molecule has 0 bridgehead atoms. The van der Waals surface area contributed by atoms with Gasteiger partial charge >= 0.3 is 0 Å². The van der Waals surface area contributed by atoms with E-state index in [1.54, 1.807) is 0 Å². The van der Waals surface area contributed by atoms with Crippen molar-refractivity contribution in [2.45, 2.75) is 51.9 Å². The van der Waals surface area contributed by atoms with Gasteiger partial charge in [-0.1, -0.05) is 32.9 Å². The monoisotopic (exact) mass is 258 g/mol. The summed E-state index contributed by atoms with van der Waals surface area (Å²) in [6.07, 6.45) is 3.50. The van der Waals surface area contributed by atoms with Crippen molar-refractivity contribution in [2.24, 2.45) is 5.10 Å². The summed E-state index contributed by atoms with van der Waals surface area (Å²) in [6, 6.07) is 8.23. The van der Waals surface area contributed by atoms with Crippen LogP contribution in [-0.2, 0) is 10.2 Å². The van der Waals surface area contributed by atoms with Crippen LogP contribution in [0.25, 0.3) is 0 Å². The Labute approximate surface area is 115 Å². The third kappa shape index (κ3) is 3.66. The molecule has 3 heteroatoms. The largest absolute Gasteiger partial charge is 0.293 e. The maximum absolute atomic E-state index is 11.6. The lowest BCUT2D eigenvalue weighted by molar-refractivity contribution is -0.113. The van der Waals surface area contributed by atoms with E-state index in [0.717, 1.165) is 24.9 Å². The van der Waals surface area contributed by atoms with Gasteiger partial charge in [-0.15, -0.1) is 0 Å². The number of nitrogens with zero attached hydrogens (tertiary/aromatic N) is 1. The van der Waals surface area contributed by atoms with Crippen molar-refractivity contribution >= 4 is 17.2 Å². The molecule has 0 atom stereocenters. The number of nitrogens with one attached hydrogen (secondary N) is 1. The van der Waals surface area contributed by atoms with Crippen LogP contribution in [0.2, 0.25) is 0 Å². The molecule has 0 radical (unpaired) electrons. The summed E-state index contributed by atoms with van der Waals surface area (Å²) in [5.74, 6) is 0.185. The van der Waals surface area contributed by atoms with Crippen molar-refractivity contribution in [3.8, 4) is 0 Å². The number of carbonyl (C=O) groups excluding carboxylic acids is 1. The molecule has 1 aliphatic carbocycles. The first-order valence-electron chi connectivity index (χ1n) is 6.93. The first-order valence-corrected chi connectivity index (χ1v) is 6.93. The van der Waals surface area contributed by atoms with Crippen LogP contribution in [0.5, 0.6) is 0 Å². The van der Waals surface area contributed by atoms with Gasteiger partial charge in [0.15, 0.2) is 5.78 Å². The van der Waals surface area contributed by atoms with Gasteiger partial charge < -0.3 is 0 Å². The molecular formula is C16H22N2O. The molecule has 0 saturated heterocycles. The molecule has 0 aliphatic heterocycles. The van der Waals surface area contributed by atoms with Crippen molar-refractivity contribution in [3.63, 3.8) is 0 Å². The molecule has 1 aromatic rings. The molecule has 3 nitrogen and oxygen atoms in total. The van der Waals surface area contributed by atoms with Crippen LogP contribution < -0.4 is 5.43 Å². The topological polar surface area (TPSA) is 41.5 Å². The molecule has 1 aromatic carbocycles. The second-order valence-corrected chi connectivity index (χ2v) is 6.13. The first kappa shape index (κ1) is 13.8. The van der Waals surface area contributed by atoms with Gasteiger partial charge in [0, 0.05) is 6.42 Å². The van der Waals surface area contributed by atoms with Crippen molar-refractivity contribution in [1.29, 1.82) is 0 Å². The summed E-state index contributed by atoms with van der Waals surface area (Å²) < 4.78 is 0. The molecular weight excluding hydrogens is 236 g/mol. The highest BCUT2D eigenvalue weighted by Crippen LogP contribution is 2.23. The standard InChI is InChI=1S/C16H22N2O/c1-16(2,3)12-8-10-13(11-9-12)17-18-14-6-4-5-7-15(14)19/h8-11,17H,4-7H2,1-3H3. The van der Waals surface area contributed by atoms with Crippen LogP contribution >= 0.6 is 0 Å². The number of hydrogen-bond donors (Lipinski definition) is 1.